The van der Waals surface area contributed by atoms with Gasteiger partial charge < -0.3 is 5.11 Å². The minimum atomic E-state index is -3.56. The summed E-state index contributed by atoms with van der Waals surface area (Å²) >= 11 is 0.905. The van der Waals surface area contributed by atoms with Crippen LogP contribution in [0.5, 0.6) is 0 Å². The zero-order valence-electron chi connectivity index (χ0n) is 8.93. The molecule has 7 heteroatoms. The molecule has 0 bridgehead atoms. The van der Waals surface area contributed by atoms with Crippen molar-refractivity contribution in [3.05, 3.63) is 17.0 Å². The SMILES string of the molecule is CC(C)CNS(=O)(=O)c1cc(C(=O)O)cs1. The van der Waals surface area contributed by atoms with Crippen molar-refractivity contribution in [2.24, 2.45) is 5.92 Å². The molecule has 0 amide bonds. The fourth-order valence-electron chi connectivity index (χ4n) is 0.917. The quantitative estimate of drug-likeness (QED) is 0.840. The molecule has 0 saturated heterocycles. The van der Waals surface area contributed by atoms with Gasteiger partial charge >= 0.3 is 5.97 Å². The highest BCUT2D eigenvalue weighted by atomic mass is 32.2. The van der Waals surface area contributed by atoms with Crippen molar-refractivity contribution in [3.63, 3.8) is 0 Å². The van der Waals surface area contributed by atoms with Crippen LogP contribution < -0.4 is 4.72 Å². The Kier molecular flexibility index (Phi) is 4.06. The Balaban J connectivity index is 2.86. The Morgan fingerprint density at radius 2 is 2.19 bits per heavy atom. The fourth-order valence-corrected chi connectivity index (χ4v) is 3.33. The third-order valence-electron chi connectivity index (χ3n) is 1.77. The van der Waals surface area contributed by atoms with E-state index in [1.54, 1.807) is 0 Å². The van der Waals surface area contributed by atoms with Crippen LogP contribution in [0.15, 0.2) is 15.7 Å². The largest absolute Gasteiger partial charge is 0.478 e. The first-order chi connectivity index (χ1) is 7.33. The molecular formula is C9H13NO4S2. The van der Waals surface area contributed by atoms with E-state index in [1.165, 1.54) is 5.38 Å². The molecule has 1 heterocycles. The van der Waals surface area contributed by atoms with Crippen molar-refractivity contribution in [3.8, 4) is 0 Å². The van der Waals surface area contributed by atoms with Gasteiger partial charge in [0.2, 0.25) is 10.0 Å². The zero-order valence-corrected chi connectivity index (χ0v) is 10.6. The summed E-state index contributed by atoms with van der Waals surface area (Å²) < 4.78 is 25.8. The van der Waals surface area contributed by atoms with Crippen LogP contribution >= 0.6 is 11.3 Å². The van der Waals surface area contributed by atoms with E-state index in [9.17, 15) is 13.2 Å². The van der Waals surface area contributed by atoms with Gasteiger partial charge in [0.1, 0.15) is 4.21 Å². The second kappa shape index (κ2) is 4.94. The van der Waals surface area contributed by atoms with Crippen molar-refractivity contribution in [1.29, 1.82) is 0 Å². The molecule has 0 spiro atoms. The molecule has 0 saturated carbocycles. The maximum atomic E-state index is 11.7. The van der Waals surface area contributed by atoms with Crippen LogP contribution in [0.2, 0.25) is 0 Å². The standard InChI is InChI=1S/C9H13NO4S2/c1-6(2)4-10-16(13,14)8-3-7(5-15-8)9(11)12/h3,5-6,10H,4H2,1-2H3,(H,11,12). The van der Waals surface area contributed by atoms with Crippen LogP contribution in [0.4, 0.5) is 0 Å². The molecule has 0 aliphatic rings. The number of hydrogen-bond donors (Lipinski definition) is 2. The van der Waals surface area contributed by atoms with Gasteiger partial charge in [-0.3, -0.25) is 0 Å². The van der Waals surface area contributed by atoms with Crippen LogP contribution in [0, 0.1) is 5.92 Å². The Hall–Kier alpha value is -0.920. The van der Waals surface area contributed by atoms with E-state index in [4.69, 9.17) is 5.11 Å². The number of aromatic carboxylic acids is 1. The summed E-state index contributed by atoms with van der Waals surface area (Å²) in [6, 6.07) is 1.16. The third-order valence-corrected chi connectivity index (χ3v) is 4.63. The van der Waals surface area contributed by atoms with E-state index in [2.05, 4.69) is 4.72 Å². The lowest BCUT2D eigenvalue weighted by Crippen LogP contribution is -2.26. The number of sulfonamides is 1. The molecule has 0 aliphatic carbocycles. The van der Waals surface area contributed by atoms with E-state index in [0.717, 1.165) is 17.4 Å². The number of nitrogens with one attached hydrogen (secondary N) is 1. The van der Waals surface area contributed by atoms with Crippen molar-refractivity contribution < 1.29 is 18.3 Å². The maximum absolute atomic E-state index is 11.7. The highest BCUT2D eigenvalue weighted by Crippen LogP contribution is 2.20. The molecule has 0 fully saturated rings. The Labute approximate surface area is 98.2 Å². The minimum Gasteiger partial charge on any atom is -0.478 e. The summed E-state index contributed by atoms with van der Waals surface area (Å²) in [6.07, 6.45) is 0. The van der Waals surface area contributed by atoms with Gasteiger partial charge in [0.25, 0.3) is 0 Å². The first-order valence-corrected chi connectivity index (χ1v) is 7.00. The number of carboxylic acid groups (broad SMARTS) is 1. The van der Waals surface area contributed by atoms with E-state index >= 15 is 0 Å². The smallest absolute Gasteiger partial charge is 0.336 e. The van der Waals surface area contributed by atoms with Crippen LogP contribution in [-0.2, 0) is 10.0 Å². The molecule has 0 unspecified atom stereocenters. The number of rotatable bonds is 5. The first-order valence-electron chi connectivity index (χ1n) is 4.64. The van der Waals surface area contributed by atoms with Gasteiger partial charge in [0.15, 0.2) is 0 Å². The average molecular weight is 263 g/mol. The molecule has 0 aliphatic heterocycles. The Morgan fingerprint density at radius 3 is 2.62 bits per heavy atom. The zero-order chi connectivity index (χ0) is 12.3. The van der Waals surface area contributed by atoms with Crippen molar-refractivity contribution in [2.45, 2.75) is 18.1 Å². The predicted octanol–water partition coefficient (Wildman–Crippen LogP) is 1.38. The van der Waals surface area contributed by atoms with Gasteiger partial charge in [-0.1, -0.05) is 13.8 Å². The Morgan fingerprint density at radius 1 is 1.56 bits per heavy atom. The van der Waals surface area contributed by atoms with Crippen molar-refractivity contribution in [2.75, 3.05) is 6.54 Å². The van der Waals surface area contributed by atoms with Gasteiger partial charge in [0.05, 0.1) is 5.56 Å². The molecule has 2 N–H and O–H groups in total. The summed E-state index contributed by atoms with van der Waals surface area (Å²) in [4.78, 5) is 10.6. The molecule has 1 aromatic rings. The second-order valence-electron chi connectivity index (χ2n) is 3.71. The number of thiophene rings is 1. The highest BCUT2D eigenvalue weighted by Gasteiger charge is 2.18. The van der Waals surface area contributed by atoms with E-state index < -0.39 is 16.0 Å². The lowest BCUT2D eigenvalue weighted by Gasteiger charge is -2.06. The van der Waals surface area contributed by atoms with Gasteiger partial charge in [-0.15, -0.1) is 11.3 Å². The van der Waals surface area contributed by atoms with Crippen LogP contribution in [0.25, 0.3) is 0 Å². The van der Waals surface area contributed by atoms with Crippen LogP contribution in [-0.4, -0.2) is 26.0 Å². The number of hydrogen-bond acceptors (Lipinski definition) is 4. The number of carboxylic acids is 1. The van der Waals surface area contributed by atoms with Gasteiger partial charge in [-0.25, -0.2) is 17.9 Å². The molecule has 90 valence electrons. The summed E-state index contributed by atoms with van der Waals surface area (Å²) in [5.74, 6) is -0.921. The van der Waals surface area contributed by atoms with Gasteiger partial charge in [-0.2, -0.15) is 0 Å². The normalized spacial score (nSPS) is 11.9. The topological polar surface area (TPSA) is 83.5 Å². The summed E-state index contributed by atoms with van der Waals surface area (Å²) in [5.41, 5.74) is -0.00470. The van der Waals surface area contributed by atoms with E-state index in [-0.39, 0.29) is 15.7 Å². The highest BCUT2D eigenvalue weighted by molar-refractivity contribution is 7.91. The molecule has 1 rings (SSSR count). The molecule has 5 nitrogen and oxygen atoms in total. The van der Waals surface area contributed by atoms with E-state index in [1.807, 2.05) is 13.8 Å². The second-order valence-corrected chi connectivity index (χ2v) is 6.61. The Bertz CT molecular complexity index is 475. The molecule has 0 atom stereocenters. The molecule has 0 aromatic carbocycles. The van der Waals surface area contributed by atoms with Crippen molar-refractivity contribution in [1.82, 2.24) is 4.72 Å². The van der Waals surface area contributed by atoms with Gasteiger partial charge in [-0.05, 0) is 12.0 Å². The molecular weight excluding hydrogens is 250 g/mol. The predicted molar refractivity (Wildman–Crippen MR) is 61.3 cm³/mol. The molecule has 0 radical (unpaired) electrons. The van der Waals surface area contributed by atoms with E-state index in [0.29, 0.717) is 6.54 Å². The first kappa shape index (κ1) is 13.1. The molecule has 16 heavy (non-hydrogen) atoms. The van der Waals surface area contributed by atoms with Crippen LogP contribution in [0.3, 0.4) is 0 Å². The van der Waals surface area contributed by atoms with Crippen molar-refractivity contribution >= 4 is 27.3 Å². The monoisotopic (exact) mass is 263 g/mol. The number of carbonyl (C=O) groups is 1. The van der Waals surface area contributed by atoms with Crippen LogP contribution in [0.1, 0.15) is 24.2 Å². The summed E-state index contributed by atoms with van der Waals surface area (Å²) in [6.45, 7) is 4.11. The summed E-state index contributed by atoms with van der Waals surface area (Å²) in [5, 5.41) is 9.99. The summed E-state index contributed by atoms with van der Waals surface area (Å²) in [7, 11) is -3.56. The molecule has 1 aromatic heterocycles. The van der Waals surface area contributed by atoms with Gasteiger partial charge in [0, 0.05) is 11.9 Å². The lowest BCUT2D eigenvalue weighted by atomic mass is 10.2. The maximum Gasteiger partial charge on any atom is 0.336 e. The minimum absolute atomic E-state index is 0.00470. The fraction of sp³-hybridized carbons (Fsp3) is 0.444. The third kappa shape index (κ3) is 3.29. The lowest BCUT2D eigenvalue weighted by molar-refractivity contribution is 0.0697. The average Bonchev–Trinajstić information content (AvgIpc) is 2.64.